The van der Waals surface area contributed by atoms with Gasteiger partial charge in [0.15, 0.2) is 5.70 Å². The Balaban J connectivity index is 1.42. The van der Waals surface area contributed by atoms with E-state index < -0.39 is 11.7 Å². The lowest BCUT2D eigenvalue weighted by Gasteiger charge is -2.28. The number of ketones is 1. The van der Waals surface area contributed by atoms with E-state index in [1.165, 1.54) is 36.8 Å². The molecule has 37 heavy (non-hydrogen) atoms. The fraction of sp³-hybridized carbons (Fsp3) is 0.185. The molecule has 184 valence electrons. The number of nitrogens with zero attached hydrogens (tertiary/aromatic N) is 5. The number of rotatable bonds is 5. The first-order valence-corrected chi connectivity index (χ1v) is 11.6. The first-order chi connectivity index (χ1) is 18.0. The molecule has 10 nitrogen and oxygen atoms in total. The number of nitrogens with two attached hydrogens (primary N) is 1. The molecule has 1 fully saturated rings. The second kappa shape index (κ2) is 9.91. The zero-order chi connectivity index (χ0) is 25.9. The Hall–Kier alpha value is -5.04. The summed E-state index contributed by atoms with van der Waals surface area (Å²) < 4.78 is 5.46. The maximum atomic E-state index is 13.4. The van der Waals surface area contributed by atoms with Gasteiger partial charge >= 0.3 is 0 Å². The van der Waals surface area contributed by atoms with E-state index in [2.05, 4.69) is 24.8 Å². The minimum Gasteiger partial charge on any atom is -0.494 e. The summed E-state index contributed by atoms with van der Waals surface area (Å²) in [5, 5.41) is 0.446. The van der Waals surface area contributed by atoms with Crippen molar-refractivity contribution in [1.82, 2.24) is 24.8 Å². The number of carbonyl (C=O) groups excluding carboxylic acids is 2. The smallest absolute Gasteiger partial charge is 0.295 e. The van der Waals surface area contributed by atoms with Crippen LogP contribution in [0.25, 0.3) is 32.8 Å². The number of Topliss-reactive ketones (excluding diaryl/α,β-unsaturated/α-hetero) is 1. The van der Waals surface area contributed by atoms with Gasteiger partial charge in [0.05, 0.1) is 48.7 Å². The topological polar surface area (TPSA) is 131 Å². The number of pyridine rings is 1. The van der Waals surface area contributed by atoms with Gasteiger partial charge in [0.25, 0.3) is 11.7 Å². The average molecular weight is 494 g/mol. The molecule has 0 bridgehead atoms. The third-order valence-electron chi connectivity index (χ3n) is 6.40. The number of piperidine rings is 1. The van der Waals surface area contributed by atoms with Gasteiger partial charge in [-0.05, 0) is 18.4 Å². The minimum absolute atomic E-state index is 0.191. The number of methoxy groups -OCH3 is 1. The highest BCUT2D eigenvalue weighted by molar-refractivity contribution is 6.45. The molecule has 1 aliphatic heterocycles. The van der Waals surface area contributed by atoms with E-state index in [4.69, 9.17) is 17.0 Å². The molecule has 0 saturated carbocycles. The molecule has 0 spiro atoms. The normalized spacial score (nSPS) is 13.3. The van der Waals surface area contributed by atoms with E-state index in [9.17, 15) is 9.59 Å². The number of carbonyl (C=O) groups is 2. The van der Waals surface area contributed by atoms with Gasteiger partial charge in [-0.3, -0.25) is 9.59 Å². The highest BCUT2D eigenvalue weighted by atomic mass is 16.5. The summed E-state index contributed by atoms with van der Waals surface area (Å²) in [5.74, 6) is -0.621. The lowest BCUT2D eigenvalue weighted by atomic mass is 9.97. The monoisotopic (exact) mass is 493 g/mol. The molecular weight excluding hydrogens is 470 g/mol. The van der Waals surface area contributed by atoms with Gasteiger partial charge in [-0.25, -0.2) is 19.8 Å². The zero-order valence-corrected chi connectivity index (χ0v) is 20.1. The SMILES string of the molecule is [C-]#[N+]C(=C1CCN(C(=O)C(=O)c2c[nH]c3c(-c4cnc(N)cn4)ncc(OC)c23)CC1)c1ccccc1. The highest BCUT2D eigenvalue weighted by Crippen LogP contribution is 2.34. The van der Waals surface area contributed by atoms with Gasteiger partial charge in [-0.1, -0.05) is 35.9 Å². The maximum Gasteiger partial charge on any atom is 0.295 e. The van der Waals surface area contributed by atoms with Crippen LogP contribution in [0.1, 0.15) is 28.8 Å². The fourth-order valence-corrected chi connectivity index (χ4v) is 4.53. The number of hydrogen-bond acceptors (Lipinski definition) is 7. The number of amides is 1. The van der Waals surface area contributed by atoms with Crippen molar-refractivity contribution in [1.29, 1.82) is 0 Å². The van der Waals surface area contributed by atoms with Gasteiger partial charge in [0.2, 0.25) is 0 Å². The summed E-state index contributed by atoms with van der Waals surface area (Å²) in [6.45, 7) is 8.35. The van der Waals surface area contributed by atoms with Crippen molar-refractivity contribution in [3.63, 3.8) is 0 Å². The summed E-state index contributed by atoms with van der Waals surface area (Å²) >= 11 is 0. The van der Waals surface area contributed by atoms with E-state index >= 15 is 0 Å². The molecule has 4 aromatic rings. The van der Waals surface area contributed by atoms with Crippen LogP contribution in [0.5, 0.6) is 5.75 Å². The molecular formula is C27H23N7O3. The van der Waals surface area contributed by atoms with Gasteiger partial charge in [-0.2, -0.15) is 0 Å². The van der Waals surface area contributed by atoms with E-state index in [1.807, 2.05) is 30.3 Å². The number of anilines is 1. The van der Waals surface area contributed by atoms with Crippen LogP contribution in [0, 0.1) is 6.57 Å². The predicted octanol–water partition coefficient (Wildman–Crippen LogP) is 3.75. The van der Waals surface area contributed by atoms with Crippen LogP contribution in [0.15, 0.2) is 60.7 Å². The molecule has 0 unspecified atom stereocenters. The molecule has 1 amide bonds. The summed E-state index contributed by atoms with van der Waals surface area (Å²) in [6, 6.07) is 9.52. The summed E-state index contributed by atoms with van der Waals surface area (Å²) in [5.41, 5.74) is 9.73. The van der Waals surface area contributed by atoms with Crippen LogP contribution in [-0.4, -0.2) is 56.7 Å². The van der Waals surface area contributed by atoms with Crippen LogP contribution in [0.4, 0.5) is 5.82 Å². The highest BCUT2D eigenvalue weighted by Gasteiger charge is 2.30. The van der Waals surface area contributed by atoms with Crippen molar-refractivity contribution in [3.05, 3.63) is 83.2 Å². The summed E-state index contributed by atoms with van der Waals surface area (Å²) in [6.07, 6.45) is 6.95. The second-order valence-corrected chi connectivity index (χ2v) is 8.51. The second-order valence-electron chi connectivity index (χ2n) is 8.51. The van der Waals surface area contributed by atoms with Gasteiger partial charge in [-0.15, -0.1) is 0 Å². The third kappa shape index (κ3) is 4.38. The van der Waals surface area contributed by atoms with Crippen LogP contribution in [-0.2, 0) is 4.79 Å². The Morgan fingerprint density at radius 2 is 1.84 bits per heavy atom. The summed E-state index contributed by atoms with van der Waals surface area (Å²) in [4.78, 5) is 47.7. The van der Waals surface area contributed by atoms with Crippen molar-refractivity contribution < 1.29 is 14.3 Å². The van der Waals surface area contributed by atoms with E-state index in [1.54, 1.807) is 0 Å². The van der Waals surface area contributed by atoms with Crippen LogP contribution >= 0.6 is 0 Å². The fourth-order valence-electron chi connectivity index (χ4n) is 4.53. The van der Waals surface area contributed by atoms with Crippen molar-refractivity contribution in [2.45, 2.75) is 12.8 Å². The van der Waals surface area contributed by atoms with E-state index in [0.29, 0.717) is 59.7 Å². The molecule has 1 aromatic carbocycles. The van der Waals surface area contributed by atoms with Crippen molar-refractivity contribution in [3.8, 4) is 17.1 Å². The average Bonchev–Trinajstić information content (AvgIpc) is 3.39. The molecule has 0 radical (unpaired) electrons. The first kappa shape index (κ1) is 23.7. The number of aromatic nitrogens is 4. The van der Waals surface area contributed by atoms with Crippen LogP contribution in [0.2, 0.25) is 0 Å². The third-order valence-corrected chi connectivity index (χ3v) is 6.40. The predicted molar refractivity (Wildman–Crippen MR) is 138 cm³/mol. The lowest BCUT2D eigenvalue weighted by molar-refractivity contribution is -0.126. The molecule has 0 aliphatic carbocycles. The number of nitrogens with one attached hydrogen (secondary N) is 1. The van der Waals surface area contributed by atoms with E-state index in [-0.39, 0.29) is 11.4 Å². The van der Waals surface area contributed by atoms with Gasteiger partial charge in [0, 0.05) is 19.3 Å². The minimum atomic E-state index is -0.647. The van der Waals surface area contributed by atoms with E-state index in [0.717, 1.165) is 11.1 Å². The Kier molecular flexibility index (Phi) is 6.34. The quantitative estimate of drug-likeness (QED) is 0.246. The molecule has 4 heterocycles. The number of H-pyrrole nitrogens is 1. The van der Waals surface area contributed by atoms with Crippen molar-refractivity contribution in [2.75, 3.05) is 25.9 Å². The Labute approximate surface area is 212 Å². The summed E-state index contributed by atoms with van der Waals surface area (Å²) in [7, 11) is 1.47. The Bertz CT molecular complexity index is 1560. The van der Waals surface area contributed by atoms with Gasteiger partial charge < -0.3 is 20.4 Å². The van der Waals surface area contributed by atoms with Gasteiger partial charge in [0.1, 0.15) is 23.0 Å². The van der Waals surface area contributed by atoms with Crippen molar-refractivity contribution >= 4 is 34.1 Å². The number of aromatic amines is 1. The number of benzene rings is 1. The molecule has 0 atom stereocenters. The number of likely N-dealkylation sites (tertiary alicyclic amines) is 1. The molecule has 5 rings (SSSR count). The molecule has 3 aromatic heterocycles. The van der Waals surface area contributed by atoms with Crippen LogP contribution in [0.3, 0.4) is 0 Å². The number of fused-ring (bicyclic) bond motifs is 1. The number of ether oxygens (including phenoxy) is 1. The molecule has 10 heteroatoms. The number of hydrogen-bond donors (Lipinski definition) is 2. The largest absolute Gasteiger partial charge is 0.494 e. The molecule has 3 N–H and O–H groups in total. The standard InChI is InChI=1S/C27H23N7O3/c1-29-23(16-6-4-3-5-7-16)17-8-10-34(11-9-17)27(36)26(35)18-12-32-25-22(18)20(37-2)14-33-24(25)19-13-31-21(28)15-30-19/h3-7,12-15,32H,8-11H2,2H3,(H2,28,31). The van der Waals surface area contributed by atoms with Crippen molar-refractivity contribution in [2.24, 2.45) is 0 Å². The molecule has 1 saturated heterocycles. The molecule has 1 aliphatic rings. The Morgan fingerprint density at radius 3 is 2.49 bits per heavy atom. The zero-order valence-electron chi connectivity index (χ0n) is 20.1. The first-order valence-electron chi connectivity index (χ1n) is 11.6. The Morgan fingerprint density at radius 1 is 1.08 bits per heavy atom. The maximum absolute atomic E-state index is 13.4. The lowest BCUT2D eigenvalue weighted by Crippen LogP contribution is -2.40. The number of nitrogen functional groups attached to an aromatic ring is 1. The van der Waals surface area contributed by atoms with Crippen LogP contribution < -0.4 is 10.5 Å².